The van der Waals surface area contributed by atoms with Gasteiger partial charge in [0.25, 0.3) is 0 Å². The third-order valence-electron chi connectivity index (χ3n) is 3.69. The summed E-state index contributed by atoms with van der Waals surface area (Å²) in [5, 5.41) is 8.61. The number of hydrogen-bond acceptors (Lipinski definition) is 2. The topological polar surface area (TPSA) is 46.5 Å². The molecular formula is C17H21FO3. The van der Waals surface area contributed by atoms with E-state index in [2.05, 4.69) is 0 Å². The van der Waals surface area contributed by atoms with Gasteiger partial charge >= 0.3 is 5.97 Å². The summed E-state index contributed by atoms with van der Waals surface area (Å²) in [6.45, 7) is 0.371. The zero-order valence-corrected chi connectivity index (χ0v) is 12.1. The van der Waals surface area contributed by atoms with Crippen LogP contribution in [-0.2, 0) is 16.1 Å². The van der Waals surface area contributed by atoms with E-state index in [0.717, 1.165) is 24.5 Å². The average molecular weight is 292 g/mol. The molecule has 3 nitrogen and oxygen atoms in total. The van der Waals surface area contributed by atoms with Crippen molar-refractivity contribution >= 4 is 12.0 Å². The second-order valence-electron chi connectivity index (χ2n) is 5.49. The Morgan fingerprint density at radius 1 is 1.24 bits per heavy atom. The van der Waals surface area contributed by atoms with Crippen LogP contribution in [0.3, 0.4) is 0 Å². The molecular weight excluding hydrogens is 271 g/mol. The molecule has 21 heavy (non-hydrogen) atoms. The highest BCUT2D eigenvalue weighted by molar-refractivity contribution is 5.85. The lowest BCUT2D eigenvalue weighted by molar-refractivity contribution is -0.131. The molecule has 2 rings (SSSR count). The number of hydrogen-bond donors (Lipinski definition) is 1. The Bertz CT molecular complexity index is 503. The third-order valence-corrected chi connectivity index (χ3v) is 3.69. The SMILES string of the molecule is O=C(O)C=Cc1cc(F)cc(COC2CCCCCC2)c1. The molecule has 0 radical (unpaired) electrons. The highest BCUT2D eigenvalue weighted by atomic mass is 19.1. The van der Waals surface area contributed by atoms with Crippen molar-refractivity contribution < 1.29 is 19.0 Å². The van der Waals surface area contributed by atoms with E-state index in [4.69, 9.17) is 9.84 Å². The minimum Gasteiger partial charge on any atom is -0.478 e. The van der Waals surface area contributed by atoms with Crippen LogP contribution >= 0.6 is 0 Å². The van der Waals surface area contributed by atoms with Crippen LogP contribution in [0.5, 0.6) is 0 Å². The van der Waals surface area contributed by atoms with Crippen LogP contribution in [0, 0.1) is 5.82 Å². The summed E-state index contributed by atoms with van der Waals surface area (Å²) in [6, 6.07) is 4.52. The Kier molecular flexibility index (Phi) is 5.93. The normalized spacial score (nSPS) is 17.0. The van der Waals surface area contributed by atoms with Crippen molar-refractivity contribution in [3.05, 3.63) is 41.2 Å². The van der Waals surface area contributed by atoms with E-state index < -0.39 is 5.97 Å². The first-order chi connectivity index (χ1) is 10.1. The largest absolute Gasteiger partial charge is 0.478 e. The molecule has 0 spiro atoms. The molecule has 0 unspecified atom stereocenters. The highest BCUT2D eigenvalue weighted by Crippen LogP contribution is 2.21. The second-order valence-corrected chi connectivity index (χ2v) is 5.49. The van der Waals surface area contributed by atoms with Crippen LogP contribution < -0.4 is 0 Å². The molecule has 0 aliphatic heterocycles. The maximum absolute atomic E-state index is 13.5. The van der Waals surface area contributed by atoms with Crippen molar-refractivity contribution in [2.75, 3.05) is 0 Å². The van der Waals surface area contributed by atoms with Gasteiger partial charge in [0.15, 0.2) is 0 Å². The first kappa shape index (κ1) is 15.7. The van der Waals surface area contributed by atoms with Gasteiger partial charge in [-0.1, -0.05) is 25.7 Å². The number of benzene rings is 1. The van der Waals surface area contributed by atoms with E-state index in [-0.39, 0.29) is 11.9 Å². The van der Waals surface area contributed by atoms with Crippen LogP contribution in [0.15, 0.2) is 24.3 Å². The number of halogens is 1. The number of carboxylic acid groups (broad SMARTS) is 1. The predicted octanol–water partition coefficient (Wildman–Crippen LogP) is 4.16. The monoisotopic (exact) mass is 292 g/mol. The zero-order valence-electron chi connectivity index (χ0n) is 12.1. The van der Waals surface area contributed by atoms with Crippen molar-refractivity contribution in [3.8, 4) is 0 Å². The van der Waals surface area contributed by atoms with Crippen LogP contribution in [0.2, 0.25) is 0 Å². The van der Waals surface area contributed by atoms with Crippen LogP contribution in [0.25, 0.3) is 6.08 Å². The first-order valence-corrected chi connectivity index (χ1v) is 7.45. The summed E-state index contributed by atoms with van der Waals surface area (Å²) < 4.78 is 19.4. The number of rotatable bonds is 5. The summed E-state index contributed by atoms with van der Waals surface area (Å²) in [6.07, 6.45) is 9.72. The molecule has 4 heteroatoms. The van der Waals surface area contributed by atoms with E-state index in [1.165, 1.54) is 43.9 Å². The average Bonchev–Trinajstić information content (AvgIpc) is 2.71. The molecule has 1 aromatic carbocycles. The van der Waals surface area contributed by atoms with Gasteiger partial charge in [0, 0.05) is 6.08 Å². The number of carboxylic acids is 1. The van der Waals surface area contributed by atoms with E-state index >= 15 is 0 Å². The van der Waals surface area contributed by atoms with Gasteiger partial charge in [-0.25, -0.2) is 9.18 Å². The fourth-order valence-corrected chi connectivity index (χ4v) is 2.65. The molecule has 1 aliphatic carbocycles. The Hall–Kier alpha value is -1.68. The number of aliphatic carboxylic acids is 1. The lowest BCUT2D eigenvalue weighted by Gasteiger charge is -2.15. The second kappa shape index (κ2) is 7.93. The van der Waals surface area contributed by atoms with Gasteiger partial charge in [-0.05, 0) is 48.2 Å². The van der Waals surface area contributed by atoms with Gasteiger partial charge < -0.3 is 9.84 Å². The van der Waals surface area contributed by atoms with Crippen molar-refractivity contribution in [1.29, 1.82) is 0 Å². The van der Waals surface area contributed by atoms with Crippen molar-refractivity contribution in [3.63, 3.8) is 0 Å². The van der Waals surface area contributed by atoms with Crippen LogP contribution in [-0.4, -0.2) is 17.2 Å². The Balaban J connectivity index is 1.97. The lowest BCUT2D eigenvalue weighted by atomic mass is 10.1. The molecule has 0 saturated heterocycles. The molecule has 1 fully saturated rings. The summed E-state index contributed by atoms with van der Waals surface area (Å²) >= 11 is 0. The fraction of sp³-hybridized carbons (Fsp3) is 0.471. The predicted molar refractivity (Wildman–Crippen MR) is 79.3 cm³/mol. The standard InChI is InChI=1S/C17H21FO3/c18-15-10-13(7-8-17(19)20)9-14(11-15)12-21-16-5-3-1-2-4-6-16/h7-11,16H,1-6,12H2,(H,19,20). The van der Waals surface area contributed by atoms with E-state index in [1.54, 1.807) is 6.07 Å². The minimum atomic E-state index is -1.05. The van der Waals surface area contributed by atoms with Crippen molar-refractivity contribution in [2.24, 2.45) is 0 Å². The van der Waals surface area contributed by atoms with Gasteiger partial charge in [0.2, 0.25) is 0 Å². The number of ether oxygens (including phenoxy) is 1. The lowest BCUT2D eigenvalue weighted by Crippen LogP contribution is -2.11. The van der Waals surface area contributed by atoms with E-state index in [1.807, 2.05) is 0 Å². The van der Waals surface area contributed by atoms with E-state index in [9.17, 15) is 9.18 Å². The summed E-state index contributed by atoms with van der Waals surface area (Å²) in [4.78, 5) is 10.5. The molecule has 1 aromatic rings. The summed E-state index contributed by atoms with van der Waals surface area (Å²) in [5.41, 5.74) is 1.28. The zero-order chi connectivity index (χ0) is 15.1. The van der Waals surface area contributed by atoms with Gasteiger partial charge in [0.1, 0.15) is 5.82 Å². The summed E-state index contributed by atoms with van der Waals surface area (Å²) in [7, 11) is 0. The van der Waals surface area contributed by atoms with E-state index in [0.29, 0.717) is 12.2 Å². The first-order valence-electron chi connectivity index (χ1n) is 7.45. The quantitative estimate of drug-likeness (QED) is 0.654. The van der Waals surface area contributed by atoms with Gasteiger partial charge in [0.05, 0.1) is 12.7 Å². The molecule has 0 amide bonds. The summed E-state index contributed by atoms with van der Waals surface area (Å²) in [5.74, 6) is -1.42. The molecule has 0 aromatic heterocycles. The van der Waals surface area contributed by atoms with Crippen LogP contribution in [0.4, 0.5) is 4.39 Å². The molecule has 1 N–H and O–H groups in total. The Morgan fingerprint density at radius 2 is 1.95 bits per heavy atom. The molecule has 1 aliphatic rings. The molecule has 0 atom stereocenters. The van der Waals surface area contributed by atoms with Crippen LogP contribution in [0.1, 0.15) is 49.7 Å². The number of carbonyl (C=O) groups is 1. The maximum atomic E-state index is 13.5. The fourth-order valence-electron chi connectivity index (χ4n) is 2.65. The highest BCUT2D eigenvalue weighted by Gasteiger charge is 2.12. The Labute approximate surface area is 124 Å². The van der Waals surface area contributed by atoms with Crippen molar-refractivity contribution in [2.45, 2.75) is 51.2 Å². The van der Waals surface area contributed by atoms with Gasteiger partial charge in [-0.2, -0.15) is 0 Å². The molecule has 114 valence electrons. The molecule has 0 bridgehead atoms. The minimum absolute atomic E-state index is 0.258. The Morgan fingerprint density at radius 3 is 2.62 bits per heavy atom. The van der Waals surface area contributed by atoms with Gasteiger partial charge in [-0.15, -0.1) is 0 Å². The molecule has 0 heterocycles. The van der Waals surface area contributed by atoms with Gasteiger partial charge in [-0.3, -0.25) is 0 Å². The smallest absolute Gasteiger partial charge is 0.328 e. The molecule has 1 saturated carbocycles. The third kappa shape index (κ3) is 5.68. The van der Waals surface area contributed by atoms with Crippen molar-refractivity contribution in [1.82, 2.24) is 0 Å². The maximum Gasteiger partial charge on any atom is 0.328 e.